The number of nitrogens with one attached hydrogen (secondary N) is 1. The zero-order valence-corrected chi connectivity index (χ0v) is 19.4. The monoisotopic (exact) mass is 465 g/mol. The molecule has 1 N–H and O–H groups in total. The Hall–Kier alpha value is -3.92. The van der Waals surface area contributed by atoms with Gasteiger partial charge in [-0.05, 0) is 68.8 Å². The molecule has 0 atom stereocenters. The van der Waals surface area contributed by atoms with E-state index in [2.05, 4.69) is 20.0 Å². The van der Waals surface area contributed by atoms with Crippen molar-refractivity contribution in [3.05, 3.63) is 77.6 Å². The number of ether oxygens (including phenoxy) is 2. The Morgan fingerprint density at radius 3 is 2.24 bits per heavy atom. The third kappa shape index (κ3) is 4.65. The minimum Gasteiger partial charge on any atom is -0.495 e. The number of nitrogens with zero attached hydrogens (tertiary/aromatic N) is 4. The Labute approximate surface area is 192 Å². The molecule has 9 nitrogen and oxygen atoms in total. The van der Waals surface area contributed by atoms with Crippen LogP contribution in [0.25, 0.3) is 5.82 Å². The second-order valence-electron chi connectivity index (χ2n) is 7.32. The summed E-state index contributed by atoms with van der Waals surface area (Å²) < 4.78 is 40.6. The van der Waals surface area contributed by atoms with Gasteiger partial charge in [0, 0.05) is 17.4 Å². The minimum atomic E-state index is -3.81. The van der Waals surface area contributed by atoms with Crippen molar-refractivity contribution in [3.63, 3.8) is 0 Å². The van der Waals surface area contributed by atoms with Gasteiger partial charge in [0.15, 0.2) is 5.82 Å². The topological polar surface area (TPSA) is 108 Å². The Morgan fingerprint density at radius 2 is 1.64 bits per heavy atom. The first-order valence-corrected chi connectivity index (χ1v) is 11.6. The third-order valence-electron chi connectivity index (χ3n) is 5.18. The molecule has 0 aliphatic heterocycles. The fourth-order valence-corrected chi connectivity index (χ4v) is 4.42. The van der Waals surface area contributed by atoms with Crippen molar-refractivity contribution in [3.8, 4) is 23.2 Å². The zero-order chi connectivity index (χ0) is 23.6. The normalized spacial score (nSPS) is 11.3. The van der Waals surface area contributed by atoms with E-state index in [1.54, 1.807) is 59.3 Å². The van der Waals surface area contributed by atoms with Gasteiger partial charge in [0.1, 0.15) is 16.4 Å². The first kappa shape index (κ1) is 22.3. The quantitative estimate of drug-likeness (QED) is 0.436. The number of anilines is 1. The highest BCUT2D eigenvalue weighted by molar-refractivity contribution is 7.92. The molecule has 0 amide bonds. The molecule has 0 unspecified atom stereocenters. The van der Waals surface area contributed by atoms with Crippen LogP contribution in [-0.4, -0.2) is 35.5 Å². The van der Waals surface area contributed by atoms with Crippen LogP contribution in [0.2, 0.25) is 0 Å². The molecule has 33 heavy (non-hydrogen) atoms. The lowest BCUT2D eigenvalue weighted by Gasteiger charge is -2.12. The van der Waals surface area contributed by atoms with E-state index in [0.29, 0.717) is 23.1 Å². The number of aryl methyl sites for hydroxylation is 1. The van der Waals surface area contributed by atoms with Gasteiger partial charge in [0.2, 0.25) is 5.88 Å². The van der Waals surface area contributed by atoms with E-state index < -0.39 is 10.0 Å². The first-order valence-electron chi connectivity index (χ1n) is 10.1. The standard InChI is InChI=1S/C23H23N5O4S/c1-15-16(2)26-28(17(15)3)22-13-14-23(25-24-22)32-19-11-9-18(10-12-19)27-33(29,30)21-8-6-5-7-20(21)31-4/h5-14,27H,1-4H3. The van der Waals surface area contributed by atoms with Crippen LogP contribution >= 0.6 is 0 Å². The largest absolute Gasteiger partial charge is 0.495 e. The van der Waals surface area contributed by atoms with Crippen LogP contribution in [0.1, 0.15) is 17.0 Å². The number of aromatic nitrogens is 4. The molecule has 2 aromatic heterocycles. The molecule has 0 radical (unpaired) electrons. The molecule has 0 saturated heterocycles. The number of para-hydroxylation sites is 1. The van der Waals surface area contributed by atoms with Gasteiger partial charge in [-0.25, -0.2) is 13.1 Å². The third-order valence-corrected chi connectivity index (χ3v) is 6.60. The number of hydrogen-bond acceptors (Lipinski definition) is 7. The summed E-state index contributed by atoms with van der Waals surface area (Å²) in [6.45, 7) is 5.94. The lowest BCUT2D eigenvalue weighted by Crippen LogP contribution is -2.13. The molecule has 0 spiro atoms. The molecule has 4 rings (SSSR count). The zero-order valence-electron chi connectivity index (χ0n) is 18.6. The Bertz CT molecular complexity index is 1380. The van der Waals surface area contributed by atoms with Crippen LogP contribution in [0, 0.1) is 20.8 Å². The molecule has 4 aromatic rings. The highest BCUT2D eigenvalue weighted by atomic mass is 32.2. The number of hydrogen-bond donors (Lipinski definition) is 1. The van der Waals surface area contributed by atoms with E-state index in [1.807, 2.05) is 20.8 Å². The predicted octanol–water partition coefficient (Wildman–Crippen LogP) is 4.19. The van der Waals surface area contributed by atoms with Crippen LogP contribution in [0.4, 0.5) is 5.69 Å². The maximum absolute atomic E-state index is 12.7. The van der Waals surface area contributed by atoms with Crippen LogP contribution < -0.4 is 14.2 Å². The first-order chi connectivity index (χ1) is 15.8. The van der Waals surface area contributed by atoms with Crippen LogP contribution in [0.15, 0.2) is 65.6 Å². The van der Waals surface area contributed by atoms with E-state index in [4.69, 9.17) is 9.47 Å². The van der Waals surface area contributed by atoms with Crippen molar-refractivity contribution < 1.29 is 17.9 Å². The second-order valence-corrected chi connectivity index (χ2v) is 8.97. The molecule has 0 saturated carbocycles. The van der Waals surface area contributed by atoms with Crippen molar-refractivity contribution in [1.82, 2.24) is 20.0 Å². The van der Waals surface area contributed by atoms with Crippen molar-refractivity contribution in [1.29, 1.82) is 0 Å². The van der Waals surface area contributed by atoms with Gasteiger partial charge >= 0.3 is 0 Å². The smallest absolute Gasteiger partial charge is 0.265 e. The van der Waals surface area contributed by atoms with Gasteiger partial charge in [-0.2, -0.15) is 5.10 Å². The molecule has 0 fully saturated rings. The van der Waals surface area contributed by atoms with Gasteiger partial charge in [-0.3, -0.25) is 4.72 Å². The summed E-state index contributed by atoms with van der Waals surface area (Å²) in [7, 11) is -2.39. The number of methoxy groups -OCH3 is 1. The highest BCUT2D eigenvalue weighted by Crippen LogP contribution is 2.27. The van der Waals surface area contributed by atoms with E-state index in [9.17, 15) is 8.42 Å². The van der Waals surface area contributed by atoms with Crippen LogP contribution in [0.3, 0.4) is 0 Å². The van der Waals surface area contributed by atoms with E-state index in [0.717, 1.165) is 17.0 Å². The lowest BCUT2D eigenvalue weighted by molar-refractivity contribution is 0.403. The van der Waals surface area contributed by atoms with Crippen molar-refractivity contribution >= 4 is 15.7 Å². The molecule has 0 aliphatic rings. The Kier molecular flexibility index (Phi) is 6.01. The predicted molar refractivity (Wildman–Crippen MR) is 124 cm³/mol. The molecular weight excluding hydrogens is 442 g/mol. The highest BCUT2D eigenvalue weighted by Gasteiger charge is 2.19. The fraction of sp³-hybridized carbons (Fsp3) is 0.174. The number of rotatable bonds is 7. The molecule has 170 valence electrons. The molecule has 0 bridgehead atoms. The average molecular weight is 466 g/mol. The molecule has 0 aliphatic carbocycles. The fourth-order valence-electron chi connectivity index (χ4n) is 3.19. The summed E-state index contributed by atoms with van der Waals surface area (Å²) in [6.07, 6.45) is 0. The van der Waals surface area contributed by atoms with Gasteiger partial charge in [-0.1, -0.05) is 12.1 Å². The van der Waals surface area contributed by atoms with Crippen LogP contribution in [-0.2, 0) is 10.0 Å². The van der Waals surface area contributed by atoms with Crippen molar-refractivity contribution in [2.75, 3.05) is 11.8 Å². The summed E-state index contributed by atoms with van der Waals surface area (Å²) in [5, 5.41) is 12.8. The Balaban J connectivity index is 1.46. The van der Waals surface area contributed by atoms with Gasteiger partial charge in [0.25, 0.3) is 10.0 Å². The van der Waals surface area contributed by atoms with Crippen molar-refractivity contribution in [2.45, 2.75) is 25.7 Å². The summed E-state index contributed by atoms with van der Waals surface area (Å²) >= 11 is 0. The molecule has 2 heterocycles. The summed E-state index contributed by atoms with van der Waals surface area (Å²) in [6, 6.07) is 16.4. The summed E-state index contributed by atoms with van der Waals surface area (Å²) in [5.74, 6) is 1.65. The average Bonchev–Trinajstić information content (AvgIpc) is 3.08. The number of sulfonamides is 1. The Morgan fingerprint density at radius 1 is 0.909 bits per heavy atom. The molecule has 2 aromatic carbocycles. The van der Waals surface area contributed by atoms with E-state index >= 15 is 0 Å². The lowest BCUT2D eigenvalue weighted by atomic mass is 10.2. The molecule has 10 heteroatoms. The SMILES string of the molecule is COc1ccccc1S(=O)(=O)Nc1ccc(Oc2ccc(-n3nc(C)c(C)c3C)nn2)cc1. The molecular formula is C23H23N5O4S. The number of benzene rings is 2. The second kappa shape index (κ2) is 8.91. The van der Waals surface area contributed by atoms with E-state index in [1.165, 1.54) is 13.2 Å². The van der Waals surface area contributed by atoms with Crippen molar-refractivity contribution in [2.24, 2.45) is 0 Å². The minimum absolute atomic E-state index is 0.0565. The maximum Gasteiger partial charge on any atom is 0.265 e. The van der Waals surface area contributed by atoms with Gasteiger partial charge < -0.3 is 9.47 Å². The van der Waals surface area contributed by atoms with E-state index in [-0.39, 0.29) is 10.6 Å². The van der Waals surface area contributed by atoms with Gasteiger partial charge in [0.05, 0.1) is 12.8 Å². The maximum atomic E-state index is 12.7. The van der Waals surface area contributed by atoms with Crippen LogP contribution in [0.5, 0.6) is 17.4 Å². The summed E-state index contributed by atoms with van der Waals surface area (Å²) in [5.41, 5.74) is 3.44. The summed E-state index contributed by atoms with van der Waals surface area (Å²) in [4.78, 5) is 0.0565. The van der Waals surface area contributed by atoms with Gasteiger partial charge in [-0.15, -0.1) is 10.2 Å².